The standard InChI is InChI=1S/C26H27N5O2S/c1-34(32,33)31-16-23-14-22(21-9-11-27-12-10-21)7-8-26(23)30(17-24-15-28-19-29-24)18-25(31)13-20-5-3-2-4-6-20/h2-12,14-15,19,25H,13,16-18H2,1H3,(H,28,29). The molecule has 0 saturated carbocycles. The maximum atomic E-state index is 13.0. The number of nitrogens with zero attached hydrogens (tertiary/aromatic N) is 4. The van der Waals surface area contributed by atoms with Gasteiger partial charge >= 0.3 is 0 Å². The summed E-state index contributed by atoms with van der Waals surface area (Å²) in [6, 6.07) is 20.1. The minimum Gasteiger partial charge on any atom is -0.364 e. The summed E-state index contributed by atoms with van der Waals surface area (Å²) < 4.78 is 27.7. The van der Waals surface area contributed by atoms with Gasteiger partial charge in [-0.25, -0.2) is 13.4 Å². The van der Waals surface area contributed by atoms with Crippen LogP contribution in [0.15, 0.2) is 85.6 Å². The number of aromatic amines is 1. The molecule has 174 valence electrons. The molecule has 0 amide bonds. The Morgan fingerprint density at radius 3 is 2.53 bits per heavy atom. The fourth-order valence-electron chi connectivity index (χ4n) is 4.65. The summed E-state index contributed by atoms with van der Waals surface area (Å²) in [4.78, 5) is 13.8. The van der Waals surface area contributed by atoms with E-state index < -0.39 is 10.0 Å². The number of fused-ring (bicyclic) bond motifs is 1. The molecule has 1 N–H and O–H groups in total. The molecule has 2 aromatic carbocycles. The molecule has 5 rings (SSSR count). The lowest BCUT2D eigenvalue weighted by Gasteiger charge is -2.31. The number of H-pyrrole nitrogens is 1. The maximum Gasteiger partial charge on any atom is 0.211 e. The molecule has 1 aliphatic heterocycles. The lowest BCUT2D eigenvalue weighted by Crippen LogP contribution is -2.45. The Bertz CT molecular complexity index is 1340. The highest BCUT2D eigenvalue weighted by molar-refractivity contribution is 7.88. The van der Waals surface area contributed by atoms with E-state index >= 15 is 0 Å². The third-order valence-corrected chi connectivity index (χ3v) is 7.53. The number of pyridine rings is 1. The van der Waals surface area contributed by atoms with Crippen molar-refractivity contribution in [1.82, 2.24) is 19.3 Å². The third-order valence-electron chi connectivity index (χ3n) is 6.25. The summed E-state index contributed by atoms with van der Waals surface area (Å²) in [7, 11) is -3.45. The number of hydrogen-bond acceptors (Lipinski definition) is 5. The second kappa shape index (κ2) is 9.40. The first kappa shape index (κ1) is 22.3. The smallest absolute Gasteiger partial charge is 0.211 e. The zero-order chi connectivity index (χ0) is 23.5. The fraction of sp³-hybridized carbons (Fsp3) is 0.231. The highest BCUT2D eigenvalue weighted by atomic mass is 32.2. The van der Waals surface area contributed by atoms with Crippen LogP contribution in [-0.2, 0) is 29.5 Å². The Morgan fingerprint density at radius 2 is 1.82 bits per heavy atom. The molecule has 7 nitrogen and oxygen atoms in total. The Hall–Kier alpha value is -3.49. The summed E-state index contributed by atoms with van der Waals surface area (Å²) in [6.45, 7) is 1.48. The first-order chi connectivity index (χ1) is 16.5. The summed E-state index contributed by atoms with van der Waals surface area (Å²) >= 11 is 0. The van der Waals surface area contributed by atoms with Gasteiger partial charge in [0.25, 0.3) is 0 Å². The van der Waals surface area contributed by atoms with Crippen LogP contribution in [0.1, 0.15) is 16.8 Å². The topological polar surface area (TPSA) is 82.2 Å². The van der Waals surface area contributed by atoms with E-state index in [2.05, 4.69) is 50.2 Å². The van der Waals surface area contributed by atoms with E-state index in [1.807, 2.05) is 36.5 Å². The number of anilines is 1. The van der Waals surface area contributed by atoms with Crippen molar-refractivity contribution in [2.45, 2.75) is 25.6 Å². The summed E-state index contributed by atoms with van der Waals surface area (Å²) in [5.74, 6) is 0. The molecule has 0 saturated heterocycles. The van der Waals surface area contributed by atoms with E-state index in [0.29, 0.717) is 26.1 Å². The largest absolute Gasteiger partial charge is 0.364 e. The molecule has 8 heteroatoms. The van der Waals surface area contributed by atoms with Crippen LogP contribution < -0.4 is 4.90 Å². The molecule has 34 heavy (non-hydrogen) atoms. The van der Waals surface area contributed by atoms with Crippen LogP contribution in [0.2, 0.25) is 0 Å². The molecule has 1 atom stereocenters. The Morgan fingerprint density at radius 1 is 1.03 bits per heavy atom. The minimum absolute atomic E-state index is 0.215. The zero-order valence-corrected chi connectivity index (χ0v) is 19.8. The predicted octanol–water partition coefficient (Wildman–Crippen LogP) is 3.86. The number of hydrogen-bond donors (Lipinski definition) is 1. The maximum absolute atomic E-state index is 13.0. The van der Waals surface area contributed by atoms with Crippen molar-refractivity contribution >= 4 is 15.7 Å². The number of rotatable bonds is 6. The van der Waals surface area contributed by atoms with Crippen LogP contribution in [0, 0.1) is 0 Å². The van der Waals surface area contributed by atoms with Gasteiger partial charge in [0.1, 0.15) is 0 Å². The lowest BCUT2D eigenvalue weighted by molar-refractivity contribution is 0.320. The van der Waals surface area contributed by atoms with Crippen molar-refractivity contribution in [2.75, 3.05) is 17.7 Å². The Balaban J connectivity index is 1.58. The van der Waals surface area contributed by atoms with Crippen LogP contribution in [0.4, 0.5) is 5.69 Å². The lowest BCUT2D eigenvalue weighted by atomic mass is 10.0. The minimum atomic E-state index is -3.45. The number of aromatic nitrogens is 3. The van der Waals surface area contributed by atoms with E-state index in [-0.39, 0.29) is 6.04 Å². The van der Waals surface area contributed by atoms with Gasteiger partial charge in [-0.2, -0.15) is 4.31 Å². The fourth-order valence-corrected chi connectivity index (χ4v) is 5.70. The molecule has 0 spiro atoms. The summed E-state index contributed by atoms with van der Waals surface area (Å²) in [5.41, 5.74) is 6.12. The van der Waals surface area contributed by atoms with E-state index in [1.54, 1.807) is 23.0 Å². The molecular formula is C26H27N5O2S. The van der Waals surface area contributed by atoms with E-state index in [0.717, 1.165) is 33.6 Å². The van der Waals surface area contributed by atoms with Crippen LogP contribution in [0.25, 0.3) is 11.1 Å². The van der Waals surface area contributed by atoms with E-state index in [4.69, 9.17) is 0 Å². The van der Waals surface area contributed by atoms with Gasteiger partial charge in [0.05, 0.1) is 24.8 Å². The second-order valence-corrected chi connectivity index (χ2v) is 10.6. The van der Waals surface area contributed by atoms with Crippen molar-refractivity contribution in [3.8, 4) is 11.1 Å². The average Bonchev–Trinajstić information content (AvgIpc) is 3.30. The number of sulfonamides is 1. The van der Waals surface area contributed by atoms with Crippen molar-refractivity contribution in [3.05, 3.63) is 102 Å². The Kier molecular flexibility index (Phi) is 6.17. The van der Waals surface area contributed by atoms with Crippen molar-refractivity contribution in [2.24, 2.45) is 0 Å². The molecule has 0 radical (unpaired) electrons. The first-order valence-electron chi connectivity index (χ1n) is 11.2. The highest BCUT2D eigenvalue weighted by Gasteiger charge is 2.33. The molecule has 1 unspecified atom stereocenters. The van der Waals surface area contributed by atoms with Crippen molar-refractivity contribution < 1.29 is 8.42 Å². The zero-order valence-electron chi connectivity index (χ0n) is 19.0. The van der Waals surface area contributed by atoms with Gasteiger partial charge in [-0.3, -0.25) is 4.98 Å². The number of nitrogens with one attached hydrogen (secondary N) is 1. The number of imidazole rings is 1. The van der Waals surface area contributed by atoms with Crippen molar-refractivity contribution in [3.63, 3.8) is 0 Å². The highest BCUT2D eigenvalue weighted by Crippen LogP contribution is 2.34. The first-order valence-corrected chi connectivity index (χ1v) is 13.1. The molecule has 4 aromatic rings. The van der Waals surface area contributed by atoms with Gasteiger partial charge in [-0.05, 0) is 52.9 Å². The molecule has 1 aliphatic rings. The molecular weight excluding hydrogens is 446 g/mol. The summed E-state index contributed by atoms with van der Waals surface area (Å²) in [5, 5.41) is 0. The third kappa shape index (κ3) is 4.88. The molecule has 0 aliphatic carbocycles. The quantitative estimate of drug-likeness (QED) is 0.460. The average molecular weight is 474 g/mol. The number of benzene rings is 2. The summed E-state index contributed by atoms with van der Waals surface area (Å²) in [6.07, 6.45) is 9.03. The Labute approximate surface area is 200 Å². The molecule has 0 bridgehead atoms. The van der Waals surface area contributed by atoms with E-state index in [1.165, 1.54) is 6.26 Å². The van der Waals surface area contributed by atoms with Crippen LogP contribution in [-0.4, -0.2) is 46.5 Å². The predicted molar refractivity (Wildman–Crippen MR) is 134 cm³/mol. The van der Waals surface area contributed by atoms with Crippen LogP contribution in [0.5, 0.6) is 0 Å². The van der Waals surface area contributed by atoms with Gasteiger partial charge in [0.15, 0.2) is 0 Å². The van der Waals surface area contributed by atoms with E-state index in [9.17, 15) is 8.42 Å². The molecule has 2 aromatic heterocycles. The van der Waals surface area contributed by atoms with Gasteiger partial charge < -0.3 is 9.88 Å². The van der Waals surface area contributed by atoms with Gasteiger partial charge in [-0.15, -0.1) is 0 Å². The molecule has 3 heterocycles. The van der Waals surface area contributed by atoms with Gasteiger partial charge in [0, 0.05) is 43.4 Å². The SMILES string of the molecule is CS(=O)(=O)N1Cc2cc(-c3ccncc3)ccc2N(Cc2c[nH]cn2)CC1Cc1ccccc1. The van der Waals surface area contributed by atoms with Crippen molar-refractivity contribution in [1.29, 1.82) is 0 Å². The van der Waals surface area contributed by atoms with Gasteiger partial charge in [0.2, 0.25) is 10.0 Å². The normalized spacial score (nSPS) is 16.7. The van der Waals surface area contributed by atoms with Crippen LogP contribution >= 0.6 is 0 Å². The van der Waals surface area contributed by atoms with Crippen LogP contribution in [0.3, 0.4) is 0 Å². The monoisotopic (exact) mass is 473 g/mol. The van der Waals surface area contributed by atoms with Gasteiger partial charge in [-0.1, -0.05) is 36.4 Å². The molecule has 0 fully saturated rings. The second-order valence-electron chi connectivity index (χ2n) is 8.67.